The Morgan fingerprint density at radius 1 is 1.07 bits per heavy atom. The van der Waals surface area contributed by atoms with Crippen LogP contribution in [0.4, 0.5) is 5.82 Å². The van der Waals surface area contributed by atoms with E-state index >= 15 is 0 Å². The van der Waals surface area contributed by atoms with Crippen LogP contribution in [0, 0.1) is 0 Å². The molecule has 0 saturated carbocycles. The van der Waals surface area contributed by atoms with Crippen LogP contribution >= 0.6 is 0 Å². The Balaban J connectivity index is 1.51. The van der Waals surface area contributed by atoms with Crippen molar-refractivity contribution >= 4 is 17.0 Å². The summed E-state index contributed by atoms with van der Waals surface area (Å²) in [6.45, 7) is 0.0625. The second-order valence-corrected chi connectivity index (χ2v) is 6.78. The third-order valence-electron chi connectivity index (χ3n) is 4.90. The van der Waals surface area contributed by atoms with Gasteiger partial charge in [0.05, 0.1) is 12.9 Å². The Bertz CT molecular complexity index is 1010. The predicted molar refractivity (Wildman–Crippen MR) is 100 cm³/mol. The quantitative estimate of drug-likeness (QED) is 0.295. The minimum absolute atomic E-state index is 0.172. The van der Waals surface area contributed by atoms with Crippen LogP contribution in [0.15, 0.2) is 30.9 Å². The van der Waals surface area contributed by atoms with Gasteiger partial charge in [0.1, 0.15) is 24.6 Å². The number of hydrogen-bond donors (Lipinski definition) is 6. The number of hydrogen-bond acceptors (Lipinski definition) is 10. The molecule has 1 unspecified atom stereocenters. The molecular weight excluding hydrogens is 382 g/mol. The van der Waals surface area contributed by atoms with Crippen molar-refractivity contribution in [3.63, 3.8) is 0 Å². The Hall–Kier alpha value is -2.99. The van der Waals surface area contributed by atoms with Gasteiger partial charge in [0.2, 0.25) is 0 Å². The Morgan fingerprint density at radius 3 is 2.62 bits per heavy atom. The molecule has 11 heteroatoms. The number of aliphatic hydroxyl groups excluding tert-OH is 3. The molecule has 1 aliphatic rings. The van der Waals surface area contributed by atoms with Crippen LogP contribution in [0.1, 0.15) is 11.8 Å². The fraction of sp³-hybridized carbons (Fsp3) is 0.389. The highest BCUT2D eigenvalue weighted by Crippen LogP contribution is 2.32. The number of anilines is 1. The summed E-state index contributed by atoms with van der Waals surface area (Å²) in [5.41, 5.74) is 1.69. The van der Waals surface area contributed by atoms with E-state index in [1.165, 1.54) is 29.4 Å². The number of aliphatic hydroxyl groups is 3. The fourth-order valence-electron chi connectivity index (χ4n) is 3.33. The number of aromatic nitrogens is 4. The first-order chi connectivity index (χ1) is 14.0. The summed E-state index contributed by atoms with van der Waals surface area (Å²) in [5, 5.41) is 51.6. The van der Waals surface area contributed by atoms with Crippen LogP contribution in [0.5, 0.6) is 11.5 Å². The molecule has 6 N–H and O–H groups in total. The molecule has 29 heavy (non-hydrogen) atoms. The highest BCUT2D eigenvalue weighted by Gasteiger charge is 2.44. The smallest absolute Gasteiger partial charge is 0.167 e. The Labute approximate surface area is 164 Å². The van der Waals surface area contributed by atoms with Gasteiger partial charge in [-0.1, -0.05) is 6.07 Å². The number of benzene rings is 1. The van der Waals surface area contributed by atoms with Crippen LogP contribution < -0.4 is 5.32 Å². The van der Waals surface area contributed by atoms with E-state index in [1.807, 2.05) is 0 Å². The van der Waals surface area contributed by atoms with Crippen LogP contribution in [0.2, 0.25) is 0 Å². The molecule has 3 aromatic rings. The maximum atomic E-state index is 10.2. The lowest BCUT2D eigenvalue weighted by atomic mass is 10.1. The van der Waals surface area contributed by atoms with Gasteiger partial charge in [-0.2, -0.15) is 0 Å². The van der Waals surface area contributed by atoms with Gasteiger partial charge in [0.15, 0.2) is 34.7 Å². The molecule has 4 rings (SSSR count). The van der Waals surface area contributed by atoms with Crippen LogP contribution in [0.3, 0.4) is 0 Å². The molecule has 11 nitrogen and oxygen atoms in total. The molecule has 1 fully saturated rings. The molecule has 1 aromatic carbocycles. The monoisotopic (exact) mass is 403 g/mol. The minimum Gasteiger partial charge on any atom is -0.504 e. The number of ether oxygens (including phenoxy) is 1. The highest BCUT2D eigenvalue weighted by atomic mass is 16.6. The molecule has 0 bridgehead atoms. The first kappa shape index (κ1) is 19.3. The number of fused-ring (bicyclic) bond motifs is 1. The average molecular weight is 403 g/mol. The van der Waals surface area contributed by atoms with E-state index in [1.54, 1.807) is 6.07 Å². The van der Waals surface area contributed by atoms with Gasteiger partial charge in [-0.05, 0) is 24.1 Å². The number of phenolic OH excluding ortho intramolecular Hbond substituents is 2. The standard InChI is InChI=1S/C18H21N5O6/c24-6-12-14(27)15(28)18(29-12)23-8-22-13-16(20-7-21-17(13)23)19-4-3-9-1-2-10(25)11(26)5-9/h1-2,5,7-8,12,14-15,18,24-28H,3-4,6H2,(H,19,20,21)/t12-,14+,15?,18-/m1/s1. The number of nitrogens with zero attached hydrogens (tertiary/aromatic N) is 4. The van der Waals surface area contributed by atoms with E-state index in [0.717, 1.165) is 5.56 Å². The number of aromatic hydroxyl groups is 2. The van der Waals surface area contributed by atoms with E-state index in [4.69, 9.17) is 4.74 Å². The lowest BCUT2D eigenvalue weighted by molar-refractivity contribution is -0.0511. The minimum atomic E-state index is -1.24. The zero-order valence-electron chi connectivity index (χ0n) is 15.3. The summed E-state index contributed by atoms with van der Waals surface area (Å²) in [5.74, 6) is 0.127. The molecule has 2 aromatic heterocycles. The third kappa shape index (κ3) is 3.56. The molecular formula is C18H21N5O6. The van der Waals surface area contributed by atoms with Gasteiger partial charge in [0, 0.05) is 6.54 Å². The van der Waals surface area contributed by atoms with E-state index in [-0.39, 0.29) is 11.5 Å². The van der Waals surface area contributed by atoms with Gasteiger partial charge < -0.3 is 35.6 Å². The van der Waals surface area contributed by atoms with Gasteiger partial charge in [-0.25, -0.2) is 15.0 Å². The lowest BCUT2D eigenvalue weighted by Gasteiger charge is -2.16. The number of imidazole rings is 1. The van der Waals surface area contributed by atoms with Crippen molar-refractivity contribution in [3.05, 3.63) is 36.4 Å². The average Bonchev–Trinajstić information content (AvgIpc) is 3.26. The summed E-state index contributed by atoms with van der Waals surface area (Å²) in [6, 6.07) is 4.63. The summed E-state index contributed by atoms with van der Waals surface area (Å²) in [6.07, 6.45) is -0.945. The molecule has 0 amide bonds. The maximum absolute atomic E-state index is 10.2. The van der Waals surface area contributed by atoms with Crippen molar-refractivity contribution < 1.29 is 30.3 Å². The van der Waals surface area contributed by atoms with Gasteiger partial charge in [0.25, 0.3) is 0 Å². The van der Waals surface area contributed by atoms with Crippen molar-refractivity contribution in [2.45, 2.75) is 31.0 Å². The van der Waals surface area contributed by atoms with Crippen molar-refractivity contribution in [1.29, 1.82) is 0 Å². The maximum Gasteiger partial charge on any atom is 0.167 e. The van der Waals surface area contributed by atoms with E-state index < -0.39 is 31.1 Å². The molecule has 0 radical (unpaired) electrons. The third-order valence-corrected chi connectivity index (χ3v) is 4.90. The Morgan fingerprint density at radius 2 is 1.90 bits per heavy atom. The molecule has 1 aliphatic heterocycles. The summed E-state index contributed by atoms with van der Waals surface area (Å²) in [4.78, 5) is 12.7. The number of phenols is 2. The van der Waals surface area contributed by atoms with E-state index in [2.05, 4.69) is 20.3 Å². The second-order valence-electron chi connectivity index (χ2n) is 6.78. The van der Waals surface area contributed by atoms with Crippen LogP contribution in [0.25, 0.3) is 11.2 Å². The number of rotatable bonds is 6. The first-order valence-corrected chi connectivity index (χ1v) is 9.04. The zero-order valence-corrected chi connectivity index (χ0v) is 15.3. The largest absolute Gasteiger partial charge is 0.504 e. The summed E-state index contributed by atoms with van der Waals surface area (Å²) < 4.78 is 7.03. The lowest BCUT2D eigenvalue weighted by Crippen LogP contribution is -2.33. The van der Waals surface area contributed by atoms with Crippen molar-refractivity contribution in [1.82, 2.24) is 19.5 Å². The summed E-state index contributed by atoms with van der Waals surface area (Å²) in [7, 11) is 0. The van der Waals surface area contributed by atoms with Crippen molar-refractivity contribution in [3.8, 4) is 11.5 Å². The molecule has 4 atom stereocenters. The number of nitrogens with one attached hydrogen (secondary N) is 1. The Kier molecular flexibility index (Phi) is 5.20. The van der Waals surface area contributed by atoms with E-state index in [0.29, 0.717) is 29.9 Å². The van der Waals surface area contributed by atoms with Gasteiger partial charge in [-0.15, -0.1) is 0 Å². The highest BCUT2D eigenvalue weighted by molar-refractivity contribution is 5.82. The normalized spacial score (nSPS) is 24.2. The van der Waals surface area contributed by atoms with Gasteiger partial charge in [-0.3, -0.25) is 4.57 Å². The zero-order chi connectivity index (χ0) is 20.5. The SMILES string of the molecule is OC[C@H]1O[C@@H](n2cnc3c(NCCc4ccc(O)c(O)c4)ncnc32)C(O)[C@H]1O. The molecule has 0 aliphatic carbocycles. The van der Waals surface area contributed by atoms with Crippen LogP contribution in [-0.4, -0.2) is 76.5 Å². The topological polar surface area (TPSA) is 166 Å². The van der Waals surface area contributed by atoms with Crippen molar-refractivity contribution in [2.24, 2.45) is 0 Å². The molecule has 0 spiro atoms. The van der Waals surface area contributed by atoms with Crippen LogP contribution in [-0.2, 0) is 11.2 Å². The predicted octanol–water partition coefficient (Wildman–Crippen LogP) is -0.496. The first-order valence-electron chi connectivity index (χ1n) is 9.04. The van der Waals surface area contributed by atoms with E-state index in [9.17, 15) is 25.5 Å². The van der Waals surface area contributed by atoms with Crippen molar-refractivity contribution in [2.75, 3.05) is 18.5 Å². The summed E-state index contributed by atoms with van der Waals surface area (Å²) >= 11 is 0. The molecule has 1 saturated heterocycles. The molecule has 154 valence electrons. The fourth-order valence-corrected chi connectivity index (χ4v) is 3.33. The second kappa shape index (κ2) is 7.79. The van der Waals surface area contributed by atoms with Gasteiger partial charge >= 0.3 is 0 Å². The molecule has 3 heterocycles.